The van der Waals surface area contributed by atoms with Crippen molar-refractivity contribution >= 4 is 0 Å². The molecule has 0 aliphatic heterocycles. The number of ether oxygens (including phenoxy) is 1. The maximum atomic E-state index is 5.75. The summed E-state index contributed by atoms with van der Waals surface area (Å²) < 4.78 is 5.75. The Morgan fingerprint density at radius 2 is 1.88 bits per heavy atom. The van der Waals surface area contributed by atoms with E-state index >= 15 is 0 Å². The highest BCUT2D eigenvalue weighted by atomic mass is 16.5. The zero-order valence-corrected chi connectivity index (χ0v) is 11.1. The van der Waals surface area contributed by atoms with E-state index in [1.165, 1.54) is 38.5 Å². The molecule has 1 rings (SSSR count). The van der Waals surface area contributed by atoms with Crippen LogP contribution in [0.4, 0.5) is 0 Å². The van der Waals surface area contributed by atoms with Crippen molar-refractivity contribution in [2.75, 3.05) is 19.8 Å². The van der Waals surface area contributed by atoms with Gasteiger partial charge in [-0.3, -0.25) is 0 Å². The Kier molecular flexibility index (Phi) is 7.87. The van der Waals surface area contributed by atoms with Crippen LogP contribution in [0.25, 0.3) is 0 Å². The number of hydrogen-bond acceptors (Lipinski definition) is 2. The van der Waals surface area contributed by atoms with Crippen LogP contribution in [0.15, 0.2) is 0 Å². The second-order valence-corrected chi connectivity index (χ2v) is 5.03. The fraction of sp³-hybridized carbons (Fsp3) is 1.00. The van der Waals surface area contributed by atoms with Crippen LogP contribution >= 0.6 is 0 Å². The Hall–Kier alpha value is -0.0800. The summed E-state index contributed by atoms with van der Waals surface area (Å²) in [5.74, 6) is 0.751. The molecule has 0 heterocycles. The van der Waals surface area contributed by atoms with Gasteiger partial charge in [0.25, 0.3) is 0 Å². The fourth-order valence-corrected chi connectivity index (χ4v) is 2.56. The topological polar surface area (TPSA) is 21.3 Å². The van der Waals surface area contributed by atoms with Gasteiger partial charge in [0.15, 0.2) is 0 Å². The first-order valence-corrected chi connectivity index (χ1v) is 7.19. The van der Waals surface area contributed by atoms with Gasteiger partial charge in [0.1, 0.15) is 0 Å². The van der Waals surface area contributed by atoms with Gasteiger partial charge in [0.05, 0.1) is 6.61 Å². The Morgan fingerprint density at radius 3 is 2.62 bits per heavy atom. The molecule has 0 aromatic rings. The molecular weight excluding hydrogens is 198 g/mol. The van der Waals surface area contributed by atoms with E-state index in [9.17, 15) is 0 Å². The molecule has 2 atom stereocenters. The number of nitrogens with one attached hydrogen (secondary N) is 1. The number of hydrogen-bond donors (Lipinski definition) is 1. The summed E-state index contributed by atoms with van der Waals surface area (Å²) in [4.78, 5) is 0. The van der Waals surface area contributed by atoms with Crippen molar-refractivity contribution in [3.63, 3.8) is 0 Å². The van der Waals surface area contributed by atoms with Crippen molar-refractivity contribution in [2.24, 2.45) is 5.92 Å². The van der Waals surface area contributed by atoms with Gasteiger partial charge in [-0.15, -0.1) is 0 Å². The van der Waals surface area contributed by atoms with Crippen molar-refractivity contribution in [3.8, 4) is 0 Å². The Balaban J connectivity index is 2.32. The summed E-state index contributed by atoms with van der Waals surface area (Å²) in [6.07, 6.45) is 9.27. The van der Waals surface area contributed by atoms with Gasteiger partial charge in [-0.2, -0.15) is 0 Å². The summed E-state index contributed by atoms with van der Waals surface area (Å²) in [5.41, 5.74) is 0. The minimum atomic E-state index is 0.708. The summed E-state index contributed by atoms with van der Waals surface area (Å²) in [6, 6.07) is 0.708. The third-order valence-corrected chi connectivity index (χ3v) is 3.50. The van der Waals surface area contributed by atoms with Gasteiger partial charge in [-0.05, 0) is 38.1 Å². The molecule has 2 unspecified atom stereocenters. The van der Waals surface area contributed by atoms with Crippen LogP contribution < -0.4 is 5.32 Å². The molecular formula is C14H29NO. The van der Waals surface area contributed by atoms with Gasteiger partial charge < -0.3 is 10.1 Å². The van der Waals surface area contributed by atoms with Crippen LogP contribution in [-0.2, 0) is 4.74 Å². The molecule has 1 saturated carbocycles. The number of rotatable bonds is 7. The van der Waals surface area contributed by atoms with Crippen molar-refractivity contribution < 1.29 is 4.74 Å². The van der Waals surface area contributed by atoms with Crippen LogP contribution in [0, 0.1) is 5.92 Å². The normalized spacial score (nSPS) is 26.6. The first kappa shape index (κ1) is 14.0. The maximum Gasteiger partial charge on any atom is 0.0509 e. The standard InChI is InChI=1S/C14H29NO/c1-3-10-15-14-9-7-5-6-8-13(14)12-16-11-4-2/h13-15H,3-12H2,1-2H3. The molecule has 1 aliphatic rings. The van der Waals surface area contributed by atoms with E-state index in [2.05, 4.69) is 19.2 Å². The molecule has 0 radical (unpaired) electrons. The fourth-order valence-electron chi connectivity index (χ4n) is 2.56. The molecule has 0 amide bonds. The van der Waals surface area contributed by atoms with Gasteiger partial charge >= 0.3 is 0 Å². The van der Waals surface area contributed by atoms with Crippen LogP contribution in [0.3, 0.4) is 0 Å². The summed E-state index contributed by atoms with van der Waals surface area (Å²) in [5, 5.41) is 3.71. The van der Waals surface area contributed by atoms with E-state index in [0.29, 0.717) is 6.04 Å². The molecule has 0 aromatic carbocycles. The second kappa shape index (κ2) is 9.00. The monoisotopic (exact) mass is 227 g/mol. The smallest absolute Gasteiger partial charge is 0.0509 e. The van der Waals surface area contributed by atoms with Gasteiger partial charge in [-0.1, -0.05) is 33.1 Å². The van der Waals surface area contributed by atoms with E-state index in [1.807, 2.05) is 0 Å². The highest BCUT2D eigenvalue weighted by Crippen LogP contribution is 2.23. The SMILES string of the molecule is CCCNC1CCCCCC1COCCC. The molecule has 1 aliphatic carbocycles. The van der Waals surface area contributed by atoms with Gasteiger partial charge in [0, 0.05) is 12.6 Å². The molecule has 0 aromatic heterocycles. The lowest BCUT2D eigenvalue weighted by Crippen LogP contribution is -2.38. The van der Waals surface area contributed by atoms with E-state index in [4.69, 9.17) is 4.74 Å². The predicted molar refractivity (Wildman–Crippen MR) is 69.8 cm³/mol. The summed E-state index contributed by atoms with van der Waals surface area (Å²) in [6.45, 7) is 7.48. The molecule has 0 saturated heterocycles. The van der Waals surface area contributed by atoms with Crippen LogP contribution in [-0.4, -0.2) is 25.8 Å². The van der Waals surface area contributed by atoms with Crippen molar-refractivity contribution in [1.82, 2.24) is 5.32 Å². The highest BCUT2D eigenvalue weighted by molar-refractivity contribution is 4.79. The highest BCUT2D eigenvalue weighted by Gasteiger charge is 2.22. The summed E-state index contributed by atoms with van der Waals surface area (Å²) in [7, 11) is 0. The molecule has 16 heavy (non-hydrogen) atoms. The molecule has 2 nitrogen and oxygen atoms in total. The largest absolute Gasteiger partial charge is 0.381 e. The van der Waals surface area contributed by atoms with Crippen LogP contribution in [0.2, 0.25) is 0 Å². The molecule has 96 valence electrons. The summed E-state index contributed by atoms with van der Waals surface area (Å²) >= 11 is 0. The van der Waals surface area contributed by atoms with E-state index in [1.54, 1.807) is 0 Å². The van der Waals surface area contributed by atoms with E-state index in [-0.39, 0.29) is 0 Å². The quantitative estimate of drug-likeness (QED) is 0.532. The minimum Gasteiger partial charge on any atom is -0.381 e. The average Bonchev–Trinajstić information content (AvgIpc) is 2.52. The van der Waals surface area contributed by atoms with Crippen molar-refractivity contribution in [3.05, 3.63) is 0 Å². The first-order chi connectivity index (χ1) is 7.88. The average molecular weight is 227 g/mol. The Morgan fingerprint density at radius 1 is 1.06 bits per heavy atom. The van der Waals surface area contributed by atoms with E-state index in [0.717, 1.165) is 32.1 Å². The molecule has 1 N–H and O–H groups in total. The molecule has 0 bridgehead atoms. The van der Waals surface area contributed by atoms with Crippen LogP contribution in [0.5, 0.6) is 0 Å². The maximum absolute atomic E-state index is 5.75. The Bertz CT molecular complexity index is 161. The molecule has 1 fully saturated rings. The Labute approximate surface area is 101 Å². The zero-order chi connectivity index (χ0) is 11.6. The van der Waals surface area contributed by atoms with Gasteiger partial charge in [-0.25, -0.2) is 0 Å². The lowest BCUT2D eigenvalue weighted by Gasteiger charge is -2.26. The van der Waals surface area contributed by atoms with Crippen molar-refractivity contribution in [1.29, 1.82) is 0 Å². The van der Waals surface area contributed by atoms with Crippen molar-refractivity contribution in [2.45, 2.75) is 64.8 Å². The predicted octanol–water partition coefficient (Wildman–Crippen LogP) is 3.36. The third kappa shape index (κ3) is 5.31. The molecule has 2 heteroatoms. The lowest BCUT2D eigenvalue weighted by atomic mass is 9.95. The second-order valence-electron chi connectivity index (χ2n) is 5.03. The zero-order valence-electron chi connectivity index (χ0n) is 11.1. The molecule has 0 spiro atoms. The van der Waals surface area contributed by atoms with E-state index < -0.39 is 0 Å². The van der Waals surface area contributed by atoms with Crippen LogP contribution in [0.1, 0.15) is 58.8 Å². The lowest BCUT2D eigenvalue weighted by molar-refractivity contribution is 0.0820. The minimum absolute atomic E-state index is 0.708. The van der Waals surface area contributed by atoms with Gasteiger partial charge in [0.2, 0.25) is 0 Å². The first-order valence-electron chi connectivity index (χ1n) is 7.19. The third-order valence-electron chi connectivity index (χ3n) is 3.50.